The predicted octanol–water partition coefficient (Wildman–Crippen LogP) is 3.54. The van der Waals surface area contributed by atoms with Gasteiger partial charge in [-0.25, -0.2) is 4.79 Å². The Morgan fingerprint density at radius 1 is 1.19 bits per heavy atom. The highest BCUT2D eigenvalue weighted by molar-refractivity contribution is 5.97. The summed E-state index contributed by atoms with van der Waals surface area (Å²) in [5.41, 5.74) is 3.90. The first-order chi connectivity index (χ1) is 13.1. The van der Waals surface area contributed by atoms with Crippen molar-refractivity contribution < 1.29 is 19.1 Å². The molecule has 2 aromatic carbocycles. The van der Waals surface area contributed by atoms with Crippen LogP contribution in [0.2, 0.25) is 0 Å². The first-order valence-electron chi connectivity index (χ1n) is 8.96. The van der Waals surface area contributed by atoms with Crippen LogP contribution in [0.3, 0.4) is 0 Å². The Hall–Kier alpha value is -3.08. The van der Waals surface area contributed by atoms with Gasteiger partial charge in [0.2, 0.25) is 0 Å². The average Bonchev–Trinajstić information content (AvgIpc) is 2.70. The van der Waals surface area contributed by atoms with E-state index < -0.39 is 5.97 Å². The van der Waals surface area contributed by atoms with Crippen molar-refractivity contribution in [3.8, 4) is 5.75 Å². The minimum atomic E-state index is -0.558. The van der Waals surface area contributed by atoms with Crippen LogP contribution < -0.4 is 9.64 Å². The van der Waals surface area contributed by atoms with Crippen LogP contribution >= 0.6 is 0 Å². The van der Waals surface area contributed by atoms with Crippen LogP contribution in [0.1, 0.15) is 23.1 Å². The number of fused-ring (bicyclic) bond motifs is 1. The molecule has 0 unspecified atom stereocenters. The molecule has 0 radical (unpaired) electrons. The molecule has 1 amide bonds. The van der Waals surface area contributed by atoms with Crippen molar-refractivity contribution in [2.75, 3.05) is 25.2 Å². The molecule has 5 heteroatoms. The Morgan fingerprint density at radius 3 is 2.81 bits per heavy atom. The predicted molar refractivity (Wildman–Crippen MR) is 105 cm³/mol. The molecule has 1 aliphatic heterocycles. The van der Waals surface area contributed by atoms with Gasteiger partial charge in [0.1, 0.15) is 5.75 Å². The van der Waals surface area contributed by atoms with Crippen LogP contribution in [0.4, 0.5) is 5.69 Å². The molecule has 3 rings (SSSR count). The Balaban J connectivity index is 1.60. The van der Waals surface area contributed by atoms with Gasteiger partial charge in [-0.1, -0.05) is 29.8 Å². The van der Waals surface area contributed by atoms with Crippen LogP contribution in [-0.4, -0.2) is 32.1 Å². The van der Waals surface area contributed by atoms with Crippen LogP contribution in [0.5, 0.6) is 5.75 Å². The average molecular weight is 365 g/mol. The number of esters is 1. The number of amides is 1. The number of carbonyl (C=O) groups excluding carboxylic acids is 2. The maximum absolute atomic E-state index is 12.5. The molecule has 5 nitrogen and oxygen atoms in total. The molecule has 2 aromatic rings. The second-order valence-corrected chi connectivity index (χ2v) is 6.46. The lowest BCUT2D eigenvalue weighted by molar-refractivity contribution is -0.142. The lowest BCUT2D eigenvalue weighted by atomic mass is 10.0. The summed E-state index contributed by atoms with van der Waals surface area (Å²) in [7, 11) is 1.58. The van der Waals surface area contributed by atoms with Crippen molar-refractivity contribution in [3.63, 3.8) is 0 Å². The molecule has 0 spiro atoms. The van der Waals surface area contributed by atoms with E-state index in [0.717, 1.165) is 35.2 Å². The number of ether oxygens (including phenoxy) is 2. The third-order valence-corrected chi connectivity index (χ3v) is 4.53. The number of hydrogen-bond donors (Lipinski definition) is 0. The summed E-state index contributed by atoms with van der Waals surface area (Å²) in [5, 5.41) is 0. The number of carbonyl (C=O) groups is 2. The van der Waals surface area contributed by atoms with E-state index in [1.807, 2.05) is 49.4 Å². The van der Waals surface area contributed by atoms with Crippen LogP contribution in [0, 0.1) is 6.92 Å². The maximum atomic E-state index is 12.5. The number of hydrogen-bond acceptors (Lipinski definition) is 4. The number of aryl methyl sites for hydroxylation is 2. The van der Waals surface area contributed by atoms with E-state index >= 15 is 0 Å². The molecule has 1 aliphatic rings. The zero-order valence-electron chi connectivity index (χ0n) is 15.6. The van der Waals surface area contributed by atoms with Gasteiger partial charge in [0, 0.05) is 23.9 Å². The third-order valence-electron chi connectivity index (χ3n) is 4.53. The highest BCUT2D eigenvalue weighted by atomic mass is 16.5. The van der Waals surface area contributed by atoms with Crippen LogP contribution in [0.25, 0.3) is 6.08 Å². The fourth-order valence-electron chi connectivity index (χ4n) is 3.19. The fourth-order valence-corrected chi connectivity index (χ4v) is 3.19. The SMILES string of the molecule is COc1ccc(C)cc1/C=C/C(=O)OCC(=O)N1CCCc2ccccc21. The number of rotatable bonds is 5. The molecule has 0 saturated heterocycles. The van der Waals surface area contributed by atoms with E-state index in [4.69, 9.17) is 9.47 Å². The van der Waals surface area contributed by atoms with E-state index in [1.54, 1.807) is 18.1 Å². The van der Waals surface area contributed by atoms with Gasteiger partial charge in [-0.05, 0) is 49.6 Å². The molecule has 140 valence electrons. The van der Waals surface area contributed by atoms with Crippen molar-refractivity contribution in [1.29, 1.82) is 0 Å². The summed E-state index contributed by atoms with van der Waals surface area (Å²) in [5.74, 6) is -0.0973. The quantitative estimate of drug-likeness (QED) is 0.601. The Labute approximate surface area is 159 Å². The summed E-state index contributed by atoms with van der Waals surface area (Å²) < 4.78 is 10.4. The van der Waals surface area contributed by atoms with Gasteiger partial charge in [-0.2, -0.15) is 0 Å². The summed E-state index contributed by atoms with van der Waals surface area (Å²) in [6.07, 6.45) is 4.81. The Morgan fingerprint density at radius 2 is 2.00 bits per heavy atom. The largest absolute Gasteiger partial charge is 0.496 e. The van der Waals surface area contributed by atoms with Gasteiger partial charge in [0.05, 0.1) is 7.11 Å². The number of methoxy groups -OCH3 is 1. The summed E-state index contributed by atoms with van der Waals surface area (Å²) in [6, 6.07) is 13.5. The van der Waals surface area contributed by atoms with Crippen LogP contribution in [-0.2, 0) is 20.7 Å². The Bertz CT molecular complexity index is 872. The van der Waals surface area contributed by atoms with Crippen molar-refractivity contribution in [2.45, 2.75) is 19.8 Å². The molecule has 0 atom stereocenters. The van der Waals surface area contributed by atoms with E-state index in [-0.39, 0.29) is 12.5 Å². The van der Waals surface area contributed by atoms with Crippen LogP contribution in [0.15, 0.2) is 48.5 Å². The van der Waals surface area contributed by atoms with Gasteiger partial charge in [-0.15, -0.1) is 0 Å². The second-order valence-electron chi connectivity index (χ2n) is 6.46. The lowest BCUT2D eigenvalue weighted by Crippen LogP contribution is -2.38. The smallest absolute Gasteiger partial charge is 0.331 e. The Kier molecular flexibility index (Phi) is 5.91. The molecular weight excluding hydrogens is 342 g/mol. The molecule has 1 heterocycles. The minimum absolute atomic E-state index is 0.211. The van der Waals surface area contributed by atoms with E-state index in [2.05, 4.69) is 0 Å². The monoisotopic (exact) mass is 365 g/mol. The number of anilines is 1. The molecule has 0 N–H and O–H groups in total. The number of para-hydroxylation sites is 1. The lowest BCUT2D eigenvalue weighted by Gasteiger charge is -2.29. The van der Waals surface area contributed by atoms with Crippen molar-refractivity contribution in [2.24, 2.45) is 0 Å². The first kappa shape index (κ1) is 18.7. The standard InChI is InChI=1S/C22H23NO4/c1-16-9-11-20(26-2)18(14-16)10-12-22(25)27-15-21(24)23-13-5-7-17-6-3-4-8-19(17)23/h3-4,6,8-12,14H,5,7,13,15H2,1-2H3/b12-10+. The van der Waals surface area contributed by atoms with E-state index in [9.17, 15) is 9.59 Å². The maximum Gasteiger partial charge on any atom is 0.331 e. The molecule has 27 heavy (non-hydrogen) atoms. The highest BCUT2D eigenvalue weighted by Crippen LogP contribution is 2.26. The number of benzene rings is 2. The fraction of sp³-hybridized carbons (Fsp3) is 0.273. The molecule has 0 aromatic heterocycles. The van der Waals surface area contributed by atoms with Gasteiger partial charge < -0.3 is 14.4 Å². The van der Waals surface area contributed by atoms with Gasteiger partial charge >= 0.3 is 5.97 Å². The first-order valence-corrected chi connectivity index (χ1v) is 8.96. The topological polar surface area (TPSA) is 55.8 Å². The zero-order valence-corrected chi connectivity index (χ0v) is 15.6. The van der Waals surface area contributed by atoms with Gasteiger partial charge in [-0.3, -0.25) is 4.79 Å². The summed E-state index contributed by atoms with van der Waals surface area (Å²) in [6.45, 7) is 2.33. The van der Waals surface area contributed by atoms with Gasteiger partial charge in [0.25, 0.3) is 5.91 Å². The molecular formula is C22H23NO4. The van der Waals surface area contributed by atoms with Crippen molar-refractivity contribution in [1.82, 2.24) is 0 Å². The second kappa shape index (κ2) is 8.54. The summed E-state index contributed by atoms with van der Waals surface area (Å²) >= 11 is 0. The highest BCUT2D eigenvalue weighted by Gasteiger charge is 2.22. The molecule has 0 fully saturated rings. The molecule has 0 aliphatic carbocycles. The van der Waals surface area contributed by atoms with E-state index in [0.29, 0.717) is 12.3 Å². The normalized spacial score (nSPS) is 13.3. The van der Waals surface area contributed by atoms with Gasteiger partial charge in [0.15, 0.2) is 6.61 Å². The zero-order chi connectivity index (χ0) is 19.2. The van der Waals surface area contributed by atoms with E-state index in [1.165, 1.54) is 6.08 Å². The minimum Gasteiger partial charge on any atom is -0.496 e. The summed E-state index contributed by atoms with van der Waals surface area (Å²) in [4.78, 5) is 26.2. The van der Waals surface area contributed by atoms with Crippen molar-refractivity contribution in [3.05, 3.63) is 65.2 Å². The number of nitrogens with zero attached hydrogens (tertiary/aromatic N) is 1. The van der Waals surface area contributed by atoms with Crippen molar-refractivity contribution >= 4 is 23.6 Å². The third kappa shape index (κ3) is 4.56. The molecule has 0 bridgehead atoms. The molecule has 0 saturated carbocycles.